The standard InChI is InChI=1S/C14H24O4/c1-16-12-6-2-3-7-13(12)18-14(15)9-8-11-5-4-10-17-11/h11-13H,2-10H2,1H3. The summed E-state index contributed by atoms with van der Waals surface area (Å²) in [4.78, 5) is 11.8. The van der Waals surface area contributed by atoms with E-state index in [0.717, 1.165) is 45.1 Å². The summed E-state index contributed by atoms with van der Waals surface area (Å²) < 4.78 is 16.4. The van der Waals surface area contributed by atoms with Crippen molar-refractivity contribution in [1.29, 1.82) is 0 Å². The van der Waals surface area contributed by atoms with E-state index in [4.69, 9.17) is 14.2 Å². The van der Waals surface area contributed by atoms with Crippen LogP contribution < -0.4 is 0 Å². The van der Waals surface area contributed by atoms with Crippen molar-refractivity contribution in [2.24, 2.45) is 0 Å². The fraction of sp³-hybridized carbons (Fsp3) is 0.929. The van der Waals surface area contributed by atoms with Crippen molar-refractivity contribution in [2.75, 3.05) is 13.7 Å². The molecule has 0 N–H and O–H groups in total. The molecule has 0 aromatic heterocycles. The van der Waals surface area contributed by atoms with Crippen LogP contribution in [0.5, 0.6) is 0 Å². The Bertz CT molecular complexity index is 261. The van der Waals surface area contributed by atoms with Gasteiger partial charge < -0.3 is 14.2 Å². The molecule has 104 valence electrons. The first kappa shape index (κ1) is 13.8. The SMILES string of the molecule is COC1CCCCC1OC(=O)CCC1CCCO1. The fourth-order valence-electron chi connectivity index (χ4n) is 2.85. The molecule has 1 aliphatic heterocycles. The summed E-state index contributed by atoms with van der Waals surface area (Å²) in [5.41, 5.74) is 0. The van der Waals surface area contributed by atoms with Gasteiger partial charge in [0.2, 0.25) is 0 Å². The van der Waals surface area contributed by atoms with Gasteiger partial charge in [0.15, 0.2) is 0 Å². The number of hydrogen-bond donors (Lipinski definition) is 0. The van der Waals surface area contributed by atoms with E-state index in [-0.39, 0.29) is 24.3 Å². The Balaban J connectivity index is 1.68. The van der Waals surface area contributed by atoms with E-state index < -0.39 is 0 Å². The largest absolute Gasteiger partial charge is 0.460 e. The molecule has 2 rings (SSSR count). The predicted octanol–water partition coefficient (Wildman–Crippen LogP) is 2.45. The third-order valence-electron chi connectivity index (χ3n) is 3.92. The first-order chi connectivity index (χ1) is 8.79. The summed E-state index contributed by atoms with van der Waals surface area (Å²) in [5.74, 6) is -0.0977. The van der Waals surface area contributed by atoms with E-state index in [1.54, 1.807) is 7.11 Å². The summed E-state index contributed by atoms with van der Waals surface area (Å²) >= 11 is 0. The molecule has 3 atom stereocenters. The molecule has 1 heterocycles. The Morgan fingerprint density at radius 3 is 2.61 bits per heavy atom. The number of methoxy groups -OCH3 is 1. The molecule has 0 aromatic carbocycles. The zero-order valence-corrected chi connectivity index (χ0v) is 11.2. The van der Waals surface area contributed by atoms with Crippen LogP contribution in [0.3, 0.4) is 0 Å². The zero-order valence-electron chi connectivity index (χ0n) is 11.2. The van der Waals surface area contributed by atoms with Crippen molar-refractivity contribution in [2.45, 2.75) is 69.7 Å². The lowest BCUT2D eigenvalue weighted by Gasteiger charge is -2.30. The third kappa shape index (κ3) is 3.95. The van der Waals surface area contributed by atoms with Crippen molar-refractivity contribution in [1.82, 2.24) is 0 Å². The summed E-state index contributed by atoms with van der Waals surface area (Å²) in [6.07, 6.45) is 8.01. The minimum atomic E-state index is -0.0977. The lowest BCUT2D eigenvalue weighted by molar-refractivity contribution is -0.159. The first-order valence-electron chi connectivity index (χ1n) is 7.13. The summed E-state index contributed by atoms with van der Waals surface area (Å²) in [6, 6.07) is 0. The second kappa shape index (κ2) is 7.10. The van der Waals surface area contributed by atoms with Gasteiger partial charge in [-0.2, -0.15) is 0 Å². The topological polar surface area (TPSA) is 44.8 Å². The van der Waals surface area contributed by atoms with Crippen molar-refractivity contribution in [3.05, 3.63) is 0 Å². The van der Waals surface area contributed by atoms with Crippen LogP contribution in [0.4, 0.5) is 0 Å². The van der Waals surface area contributed by atoms with Crippen LogP contribution >= 0.6 is 0 Å². The van der Waals surface area contributed by atoms with Crippen LogP contribution in [0.15, 0.2) is 0 Å². The second-order valence-corrected chi connectivity index (χ2v) is 5.26. The molecule has 3 unspecified atom stereocenters. The molecule has 0 bridgehead atoms. The minimum Gasteiger partial charge on any atom is -0.460 e. The van der Waals surface area contributed by atoms with Gasteiger partial charge in [-0.15, -0.1) is 0 Å². The summed E-state index contributed by atoms with van der Waals surface area (Å²) in [6.45, 7) is 0.841. The molecule has 2 aliphatic rings. The quantitative estimate of drug-likeness (QED) is 0.709. The van der Waals surface area contributed by atoms with E-state index in [9.17, 15) is 4.79 Å². The van der Waals surface area contributed by atoms with Crippen LogP contribution in [0.1, 0.15) is 51.4 Å². The second-order valence-electron chi connectivity index (χ2n) is 5.26. The molecule has 0 amide bonds. The highest BCUT2D eigenvalue weighted by Crippen LogP contribution is 2.24. The molecule has 0 radical (unpaired) electrons. The molecule has 4 nitrogen and oxygen atoms in total. The van der Waals surface area contributed by atoms with Gasteiger partial charge >= 0.3 is 5.97 Å². The summed E-state index contributed by atoms with van der Waals surface area (Å²) in [7, 11) is 1.70. The molecule has 1 saturated carbocycles. The normalized spacial score (nSPS) is 32.4. The van der Waals surface area contributed by atoms with Gasteiger partial charge in [0.25, 0.3) is 0 Å². The van der Waals surface area contributed by atoms with Gasteiger partial charge in [0.1, 0.15) is 6.10 Å². The molecule has 2 fully saturated rings. The zero-order chi connectivity index (χ0) is 12.8. The lowest BCUT2D eigenvalue weighted by atomic mass is 9.94. The molecule has 4 heteroatoms. The van der Waals surface area contributed by atoms with Crippen LogP contribution in [-0.2, 0) is 19.0 Å². The first-order valence-corrected chi connectivity index (χ1v) is 7.13. The van der Waals surface area contributed by atoms with Crippen LogP contribution in [-0.4, -0.2) is 38.0 Å². The molecule has 0 spiro atoms. The molecular formula is C14H24O4. The van der Waals surface area contributed by atoms with E-state index in [1.807, 2.05) is 0 Å². The van der Waals surface area contributed by atoms with Crippen LogP contribution in [0.2, 0.25) is 0 Å². The van der Waals surface area contributed by atoms with E-state index in [0.29, 0.717) is 6.42 Å². The maximum Gasteiger partial charge on any atom is 0.306 e. The predicted molar refractivity (Wildman–Crippen MR) is 67.4 cm³/mol. The third-order valence-corrected chi connectivity index (χ3v) is 3.92. The monoisotopic (exact) mass is 256 g/mol. The fourth-order valence-corrected chi connectivity index (χ4v) is 2.85. The van der Waals surface area contributed by atoms with Gasteiger partial charge in [-0.05, 0) is 38.5 Å². The van der Waals surface area contributed by atoms with E-state index in [1.165, 1.54) is 6.42 Å². The minimum absolute atomic E-state index is 0.0410. The molecule has 1 aliphatic carbocycles. The van der Waals surface area contributed by atoms with Crippen LogP contribution in [0, 0.1) is 0 Å². The number of carbonyl (C=O) groups excluding carboxylic acids is 1. The average Bonchev–Trinajstić information content (AvgIpc) is 2.90. The number of esters is 1. The molecule has 1 saturated heterocycles. The Morgan fingerprint density at radius 1 is 1.17 bits per heavy atom. The van der Waals surface area contributed by atoms with Crippen molar-refractivity contribution in [3.63, 3.8) is 0 Å². The molecule has 0 aromatic rings. The highest BCUT2D eigenvalue weighted by molar-refractivity contribution is 5.69. The summed E-state index contributed by atoms with van der Waals surface area (Å²) in [5, 5.41) is 0. The van der Waals surface area contributed by atoms with E-state index >= 15 is 0 Å². The van der Waals surface area contributed by atoms with Crippen molar-refractivity contribution in [3.8, 4) is 0 Å². The maximum absolute atomic E-state index is 11.8. The highest BCUT2D eigenvalue weighted by Gasteiger charge is 2.28. The molecular weight excluding hydrogens is 232 g/mol. The number of ether oxygens (including phenoxy) is 3. The number of rotatable bonds is 5. The number of hydrogen-bond acceptors (Lipinski definition) is 4. The average molecular weight is 256 g/mol. The maximum atomic E-state index is 11.8. The smallest absolute Gasteiger partial charge is 0.306 e. The van der Waals surface area contributed by atoms with E-state index in [2.05, 4.69) is 0 Å². The van der Waals surface area contributed by atoms with Crippen molar-refractivity contribution >= 4 is 5.97 Å². The Morgan fingerprint density at radius 2 is 1.94 bits per heavy atom. The number of carbonyl (C=O) groups is 1. The highest BCUT2D eigenvalue weighted by atomic mass is 16.6. The Kier molecular flexibility index (Phi) is 5.45. The van der Waals surface area contributed by atoms with Gasteiger partial charge in [-0.25, -0.2) is 0 Å². The van der Waals surface area contributed by atoms with Gasteiger partial charge in [-0.3, -0.25) is 4.79 Å². The van der Waals surface area contributed by atoms with Crippen LogP contribution in [0.25, 0.3) is 0 Å². The Labute approximate surface area is 109 Å². The molecule has 18 heavy (non-hydrogen) atoms. The van der Waals surface area contributed by atoms with Gasteiger partial charge in [0.05, 0.1) is 12.2 Å². The lowest BCUT2D eigenvalue weighted by Crippen LogP contribution is -2.35. The van der Waals surface area contributed by atoms with Gasteiger partial charge in [0, 0.05) is 20.1 Å². The van der Waals surface area contributed by atoms with Gasteiger partial charge in [-0.1, -0.05) is 6.42 Å². The Hall–Kier alpha value is -0.610. The van der Waals surface area contributed by atoms with Crippen molar-refractivity contribution < 1.29 is 19.0 Å².